The third-order valence-electron chi connectivity index (χ3n) is 3.15. The molecule has 24 heavy (non-hydrogen) atoms. The average Bonchev–Trinajstić information content (AvgIpc) is 2.79. The van der Waals surface area contributed by atoms with Crippen LogP contribution in [0.15, 0.2) is 23.9 Å². The van der Waals surface area contributed by atoms with Crippen molar-refractivity contribution in [1.82, 2.24) is 4.90 Å². The molecule has 128 valence electrons. The van der Waals surface area contributed by atoms with Crippen molar-refractivity contribution in [2.45, 2.75) is 6.92 Å². The number of ether oxygens (including phenoxy) is 1. The van der Waals surface area contributed by atoms with Gasteiger partial charge < -0.3 is 15.2 Å². The monoisotopic (exact) mass is 340 g/mol. The van der Waals surface area contributed by atoms with Gasteiger partial charge in [0.25, 0.3) is 11.8 Å². The standard InChI is InChI=1S/C15H14F2N2O5/c1-2-24-15(23)8-5-9(16)13(10(17)6-8)18-11-7-12(21)19(3-4-20)14(11)22/h5-7,18,20H,2-4H2,1H3. The van der Waals surface area contributed by atoms with E-state index in [-0.39, 0.29) is 24.4 Å². The molecule has 7 nitrogen and oxygen atoms in total. The quantitative estimate of drug-likeness (QED) is 0.587. The first-order valence-electron chi connectivity index (χ1n) is 7.00. The van der Waals surface area contributed by atoms with Crippen molar-refractivity contribution >= 4 is 23.5 Å². The molecule has 1 aliphatic heterocycles. The minimum Gasteiger partial charge on any atom is -0.462 e. The zero-order chi connectivity index (χ0) is 17.9. The highest BCUT2D eigenvalue weighted by molar-refractivity contribution is 6.17. The Morgan fingerprint density at radius 1 is 1.29 bits per heavy atom. The number of halogens is 2. The molecule has 0 atom stereocenters. The van der Waals surface area contributed by atoms with Crippen LogP contribution in [0, 0.1) is 11.6 Å². The molecule has 2 rings (SSSR count). The Balaban J connectivity index is 2.25. The molecule has 0 saturated carbocycles. The van der Waals surface area contributed by atoms with Crippen LogP contribution in [-0.4, -0.2) is 47.5 Å². The van der Waals surface area contributed by atoms with Crippen LogP contribution >= 0.6 is 0 Å². The average molecular weight is 340 g/mol. The van der Waals surface area contributed by atoms with E-state index in [0.717, 1.165) is 23.1 Å². The number of hydrogen-bond donors (Lipinski definition) is 2. The maximum Gasteiger partial charge on any atom is 0.338 e. The summed E-state index contributed by atoms with van der Waals surface area (Å²) in [5.74, 6) is -4.66. The number of imide groups is 1. The van der Waals surface area contributed by atoms with Crippen molar-refractivity contribution in [2.24, 2.45) is 0 Å². The van der Waals surface area contributed by atoms with Crippen molar-refractivity contribution in [3.8, 4) is 0 Å². The lowest BCUT2D eigenvalue weighted by Crippen LogP contribution is -2.34. The van der Waals surface area contributed by atoms with E-state index in [1.807, 2.05) is 0 Å². The lowest BCUT2D eigenvalue weighted by Gasteiger charge is -2.14. The number of benzene rings is 1. The smallest absolute Gasteiger partial charge is 0.338 e. The number of anilines is 1. The van der Waals surface area contributed by atoms with E-state index in [0.29, 0.717) is 0 Å². The number of nitrogens with one attached hydrogen (secondary N) is 1. The summed E-state index contributed by atoms with van der Waals surface area (Å²) in [5.41, 5.74) is -1.33. The zero-order valence-electron chi connectivity index (χ0n) is 12.6. The molecule has 0 aliphatic carbocycles. The molecule has 1 aliphatic rings. The number of carbonyl (C=O) groups is 3. The Morgan fingerprint density at radius 2 is 1.92 bits per heavy atom. The number of carbonyl (C=O) groups excluding carboxylic acids is 3. The number of hydrogen-bond acceptors (Lipinski definition) is 6. The van der Waals surface area contributed by atoms with Gasteiger partial charge in [0.05, 0.1) is 25.3 Å². The molecule has 1 heterocycles. The summed E-state index contributed by atoms with van der Waals surface area (Å²) in [5, 5.41) is 11.0. The highest BCUT2D eigenvalue weighted by atomic mass is 19.1. The van der Waals surface area contributed by atoms with Gasteiger partial charge in [-0.3, -0.25) is 14.5 Å². The molecule has 2 N–H and O–H groups in total. The molecule has 0 fully saturated rings. The predicted molar refractivity (Wildman–Crippen MR) is 77.8 cm³/mol. The van der Waals surface area contributed by atoms with Gasteiger partial charge in [0.15, 0.2) is 11.6 Å². The van der Waals surface area contributed by atoms with Crippen LogP contribution in [-0.2, 0) is 14.3 Å². The molecule has 2 amide bonds. The van der Waals surface area contributed by atoms with E-state index in [1.165, 1.54) is 0 Å². The minimum atomic E-state index is -1.13. The van der Waals surface area contributed by atoms with Gasteiger partial charge in [0.2, 0.25) is 0 Å². The van der Waals surface area contributed by atoms with Crippen molar-refractivity contribution in [2.75, 3.05) is 25.1 Å². The SMILES string of the molecule is CCOC(=O)c1cc(F)c(NC2=CC(=O)N(CCO)C2=O)c(F)c1. The van der Waals surface area contributed by atoms with Crippen LogP contribution in [0.1, 0.15) is 17.3 Å². The minimum absolute atomic E-state index is 0.0479. The second-order valence-corrected chi connectivity index (χ2v) is 4.74. The van der Waals surface area contributed by atoms with Crippen LogP contribution in [0.4, 0.5) is 14.5 Å². The largest absolute Gasteiger partial charge is 0.462 e. The number of aliphatic hydroxyl groups is 1. The Labute approximate surface area is 135 Å². The number of esters is 1. The summed E-state index contributed by atoms with van der Waals surface area (Å²) >= 11 is 0. The number of β-amino-alcohol motifs (C(OH)–C–C–N with tert-alkyl or cyclic N) is 1. The van der Waals surface area contributed by atoms with E-state index in [4.69, 9.17) is 5.11 Å². The van der Waals surface area contributed by atoms with E-state index in [9.17, 15) is 23.2 Å². The second-order valence-electron chi connectivity index (χ2n) is 4.74. The Bertz CT molecular complexity index is 710. The molecule has 9 heteroatoms. The molecule has 0 unspecified atom stereocenters. The maximum atomic E-state index is 14.0. The predicted octanol–water partition coefficient (Wildman–Crippen LogP) is 0.798. The molecule has 1 aromatic carbocycles. The highest BCUT2D eigenvalue weighted by Gasteiger charge is 2.31. The molecular weight excluding hydrogens is 326 g/mol. The van der Waals surface area contributed by atoms with Gasteiger partial charge in [-0.05, 0) is 19.1 Å². The highest BCUT2D eigenvalue weighted by Crippen LogP contribution is 2.25. The molecule has 0 spiro atoms. The van der Waals surface area contributed by atoms with Gasteiger partial charge in [-0.15, -0.1) is 0 Å². The molecule has 0 radical (unpaired) electrons. The topological polar surface area (TPSA) is 95.9 Å². The summed E-state index contributed by atoms with van der Waals surface area (Å²) < 4.78 is 32.7. The Kier molecular flexibility index (Phi) is 5.24. The third-order valence-corrected chi connectivity index (χ3v) is 3.15. The van der Waals surface area contributed by atoms with Crippen LogP contribution in [0.3, 0.4) is 0 Å². The van der Waals surface area contributed by atoms with E-state index in [2.05, 4.69) is 10.1 Å². The lowest BCUT2D eigenvalue weighted by molar-refractivity contribution is -0.137. The number of nitrogens with zero attached hydrogens (tertiary/aromatic N) is 1. The third kappa shape index (κ3) is 3.40. The van der Waals surface area contributed by atoms with Crippen molar-refractivity contribution < 1.29 is 33.0 Å². The van der Waals surface area contributed by atoms with Gasteiger partial charge in [0.1, 0.15) is 11.4 Å². The Hall–Kier alpha value is -2.81. The van der Waals surface area contributed by atoms with Gasteiger partial charge in [-0.2, -0.15) is 0 Å². The van der Waals surface area contributed by atoms with Crippen molar-refractivity contribution in [1.29, 1.82) is 0 Å². The Morgan fingerprint density at radius 3 is 2.46 bits per heavy atom. The lowest BCUT2D eigenvalue weighted by atomic mass is 10.1. The van der Waals surface area contributed by atoms with Crippen LogP contribution in [0.2, 0.25) is 0 Å². The molecule has 0 saturated heterocycles. The molecule has 0 aromatic heterocycles. The fourth-order valence-electron chi connectivity index (χ4n) is 2.07. The zero-order valence-corrected chi connectivity index (χ0v) is 12.6. The van der Waals surface area contributed by atoms with E-state index < -0.39 is 41.7 Å². The maximum absolute atomic E-state index is 14.0. The van der Waals surface area contributed by atoms with Gasteiger partial charge in [0, 0.05) is 6.08 Å². The van der Waals surface area contributed by atoms with Gasteiger partial charge >= 0.3 is 5.97 Å². The summed E-state index contributed by atoms with van der Waals surface area (Å²) in [4.78, 5) is 35.8. The first-order valence-corrected chi connectivity index (χ1v) is 7.00. The van der Waals surface area contributed by atoms with E-state index >= 15 is 0 Å². The van der Waals surface area contributed by atoms with Crippen molar-refractivity contribution in [3.63, 3.8) is 0 Å². The summed E-state index contributed by atoms with van der Waals surface area (Å²) in [6, 6.07) is 1.52. The number of rotatable bonds is 6. The number of aliphatic hydroxyl groups excluding tert-OH is 1. The van der Waals surface area contributed by atoms with E-state index in [1.54, 1.807) is 6.92 Å². The normalized spacial score (nSPS) is 14.0. The van der Waals surface area contributed by atoms with Gasteiger partial charge in [-0.1, -0.05) is 0 Å². The second kappa shape index (κ2) is 7.18. The van der Waals surface area contributed by atoms with Crippen molar-refractivity contribution in [3.05, 3.63) is 41.1 Å². The van der Waals surface area contributed by atoms with Gasteiger partial charge in [-0.25, -0.2) is 13.6 Å². The summed E-state index contributed by atoms with van der Waals surface area (Å²) in [7, 11) is 0. The summed E-state index contributed by atoms with van der Waals surface area (Å²) in [6.45, 7) is 0.932. The fourth-order valence-corrected chi connectivity index (χ4v) is 2.07. The summed E-state index contributed by atoms with van der Waals surface area (Å²) in [6.07, 6.45) is 0.871. The molecule has 1 aromatic rings. The van der Waals surface area contributed by atoms with Crippen LogP contribution in [0.25, 0.3) is 0 Å². The first-order chi connectivity index (χ1) is 11.4. The molecular formula is C15H14F2N2O5. The molecule has 0 bridgehead atoms. The fraction of sp³-hybridized carbons (Fsp3) is 0.267. The first kappa shape index (κ1) is 17.5. The van der Waals surface area contributed by atoms with Crippen LogP contribution < -0.4 is 5.32 Å². The number of amides is 2. The van der Waals surface area contributed by atoms with Crippen LogP contribution in [0.5, 0.6) is 0 Å².